The lowest BCUT2D eigenvalue weighted by Crippen LogP contribution is -2.13. The summed E-state index contributed by atoms with van der Waals surface area (Å²) in [5, 5.41) is 11.5. The molecule has 0 spiro atoms. The van der Waals surface area contributed by atoms with Crippen LogP contribution < -0.4 is 5.32 Å². The third-order valence-corrected chi connectivity index (χ3v) is 4.89. The summed E-state index contributed by atoms with van der Waals surface area (Å²) in [6.45, 7) is 1.90. The Morgan fingerprint density at radius 2 is 1.83 bits per heavy atom. The van der Waals surface area contributed by atoms with Gasteiger partial charge in [0.2, 0.25) is 0 Å². The van der Waals surface area contributed by atoms with Crippen molar-refractivity contribution in [3.05, 3.63) is 84.8 Å². The van der Waals surface area contributed by atoms with E-state index in [0.29, 0.717) is 11.4 Å². The molecule has 5 heterocycles. The third kappa shape index (κ3) is 3.24. The molecule has 0 aliphatic heterocycles. The molecule has 0 saturated carbocycles. The Morgan fingerprint density at radius 3 is 2.60 bits per heavy atom. The summed E-state index contributed by atoms with van der Waals surface area (Å²) in [7, 11) is 1.89. The van der Waals surface area contributed by atoms with E-state index in [4.69, 9.17) is 0 Å². The smallest absolute Gasteiger partial charge is 0.276 e. The summed E-state index contributed by atoms with van der Waals surface area (Å²) in [5.41, 5.74) is 4.97. The second-order valence-corrected chi connectivity index (χ2v) is 7.09. The first kappa shape index (κ1) is 17.9. The van der Waals surface area contributed by atoms with Crippen molar-refractivity contribution in [2.45, 2.75) is 6.92 Å². The summed E-state index contributed by atoms with van der Waals surface area (Å²) in [6.07, 6.45) is 9.26. The molecule has 5 aromatic rings. The maximum absolute atomic E-state index is 12.6. The number of carbonyl (C=O) groups excluding carboxylic acids is 1. The topological polar surface area (TPSA) is 82.0 Å². The molecule has 0 aromatic carbocycles. The van der Waals surface area contributed by atoms with Crippen molar-refractivity contribution in [2.24, 2.45) is 7.05 Å². The fourth-order valence-electron chi connectivity index (χ4n) is 3.32. The predicted octanol–water partition coefficient (Wildman–Crippen LogP) is 3.48. The summed E-state index contributed by atoms with van der Waals surface area (Å²) >= 11 is 0. The molecule has 30 heavy (non-hydrogen) atoms. The van der Waals surface area contributed by atoms with Crippen LogP contribution in [0.5, 0.6) is 0 Å². The first-order valence-electron chi connectivity index (χ1n) is 9.47. The Kier molecular flexibility index (Phi) is 4.17. The van der Waals surface area contributed by atoms with Gasteiger partial charge in [-0.2, -0.15) is 10.2 Å². The fraction of sp³-hybridized carbons (Fsp3) is 0.0909. The number of pyridine rings is 2. The van der Waals surface area contributed by atoms with Gasteiger partial charge in [0.05, 0.1) is 18.1 Å². The zero-order valence-corrected chi connectivity index (χ0v) is 16.5. The van der Waals surface area contributed by atoms with Gasteiger partial charge < -0.3 is 9.72 Å². The van der Waals surface area contributed by atoms with Gasteiger partial charge in [-0.1, -0.05) is 6.07 Å². The highest BCUT2D eigenvalue weighted by Crippen LogP contribution is 2.22. The van der Waals surface area contributed by atoms with Gasteiger partial charge in [-0.15, -0.1) is 0 Å². The standard InChI is InChI=1S/C22H19N7O/c1-15-3-5-18(12-23-15)25-22(30)20-9-10-29(26-20)21-8-7-19-6-4-16(14-28(19)21)17-11-24-27(2)13-17/h3-14H,1-2H3,(H,25,30). The van der Waals surface area contributed by atoms with E-state index in [-0.39, 0.29) is 5.91 Å². The maximum Gasteiger partial charge on any atom is 0.276 e. The second-order valence-electron chi connectivity index (χ2n) is 7.09. The minimum atomic E-state index is -0.281. The molecule has 0 aliphatic carbocycles. The molecule has 0 fully saturated rings. The number of hydrogen-bond donors (Lipinski definition) is 1. The quantitative estimate of drug-likeness (QED) is 0.503. The predicted molar refractivity (Wildman–Crippen MR) is 114 cm³/mol. The number of aryl methyl sites for hydroxylation is 2. The van der Waals surface area contributed by atoms with Crippen molar-refractivity contribution in [1.29, 1.82) is 0 Å². The van der Waals surface area contributed by atoms with Crippen molar-refractivity contribution in [2.75, 3.05) is 5.32 Å². The van der Waals surface area contributed by atoms with E-state index in [0.717, 1.165) is 28.2 Å². The van der Waals surface area contributed by atoms with E-state index >= 15 is 0 Å². The highest BCUT2D eigenvalue weighted by Gasteiger charge is 2.13. The molecule has 0 atom stereocenters. The fourth-order valence-corrected chi connectivity index (χ4v) is 3.32. The van der Waals surface area contributed by atoms with Crippen LogP contribution in [0.3, 0.4) is 0 Å². The lowest BCUT2D eigenvalue weighted by molar-refractivity contribution is 0.102. The normalized spacial score (nSPS) is 11.1. The minimum Gasteiger partial charge on any atom is -0.319 e. The number of nitrogens with one attached hydrogen (secondary N) is 1. The molecule has 0 bridgehead atoms. The van der Waals surface area contributed by atoms with Crippen molar-refractivity contribution in [3.8, 4) is 16.9 Å². The van der Waals surface area contributed by atoms with Crippen LogP contribution in [-0.4, -0.2) is 34.9 Å². The van der Waals surface area contributed by atoms with Gasteiger partial charge in [0, 0.05) is 48.0 Å². The van der Waals surface area contributed by atoms with Gasteiger partial charge in [-0.3, -0.25) is 14.5 Å². The van der Waals surface area contributed by atoms with Crippen LogP contribution in [0.2, 0.25) is 0 Å². The van der Waals surface area contributed by atoms with E-state index in [9.17, 15) is 4.79 Å². The van der Waals surface area contributed by atoms with Crippen LogP contribution in [0.15, 0.2) is 73.4 Å². The molecule has 8 heteroatoms. The zero-order valence-electron chi connectivity index (χ0n) is 16.5. The molecule has 0 unspecified atom stereocenters. The van der Waals surface area contributed by atoms with Crippen LogP contribution in [0.25, 0.3) is 22.5 Å². The van der Waals surface area contributed by atoms with Gasteiger partial charge >= 0.3 is 0 Å². The summed E-state index contributed by atoms with van der Waals surface area (Å²) in [5.74, 6) is 0.558. The summed E-state index contributed by atoms with van der Waals surface area (Å²) < 4.78 is 5.52. The molecule has 0 radical (unpaired) electrons. The number of rotatable bonds is 4. The molecular formula is C22H19N7O. The van der Waals surface area contributed by atoms with E-state index in [1.807, 2.05) is 67.3 Å². The van der Waals surface area contributed by atoms with Crippen molar-refractivity contribution in [1.82, 2.24) is 28.9 Å². The van der Waals surface area contributed by atoms with Crippen LogP contribution in [0, 0.1) is 6.92 Å². The summed E-state index contributed by atoms with van der Waals surface area (Å²) in [4.78, 5) is 16.7. The lowest BCUT2D eigenvalue weighted by Gasteiger charge is -2.06. The van der Waals surface area contributed by atoms with Gasteiger partial charge in [0.25, 0.3) is 5.91 Å². The average molecular weight is 397 g/mol. The molecule has 5 aromatic heterocycles. The van der Waals surface area contributed by atoms with Gasteiger partial charge in [0.15, 0.2) is 5.69 Å². The van der Waals surface area contributed by atoms with Crippen molar-refractivity contribution in [3.63, 3.8) is 0 Å². The Bertz CT molecular complexity index is 1360. The Hall–Kier alpha value is -4.20. The molecule has 1 amide bonds. The van der Waals surface area contributed by atoms with E-state index < -0.39 is 0 Å². The van der Waals surface area contributed by atoms with Gasteiger partial charge in [-0.25, -0.2) is 4.68 Å². The zero-order chi connectivity index (χ0) is 20.7. The van der Waals surface area contributed by atoms with Gasteiger partial charge in [0.1, 0.15) is 5.82 Å². The second kappa shape index (κ2) is 7.00. The average Bonchev–Trinajstić information content (AvgIpc) is 3.48. The Morgan fingerprint density at radius 1 is 0.967 bits per heavy atom. The van der Waals surface area contributed by atoms with Gasteiger partial charge in [-0.05, 0) is 43.3 Å². The van der Waals surface area contributed by atoms with E-state index in [1.165, 1.54) is 0 Å². The summed E-state index contributed by atoms with van der Waals surface area (Å²) in [6, 6.07) is 13.5. The molecule has 0 saturated heterocycles. The number of fused-ring (bicyclic) bond motifs is 1. The molecule has 0 aliphatic rings. The lowest BCUT2D eigenvalue weighted by atomic mass is 10.1. The number of amides is 1. The molecule has 1 N–H and O–H groups in total. The molecule has 5 rings (SSSR count). The Labute approximate surface area is 172 Å². The highest BCUT2D eigenvalue weighted by atomic mass is 16.2. The molecular weight excluding hydrogens is 378 g/mol. The highest BCUT2D eigenvalue weighted by molar-refractivity contribution is 6.02. The first-order chi connectivity index (χ1) is 14.6. The number of hydrogen-bond acceptors (Lipinski definition) is 4. The van der Waals surface area contributed by atoms with Crippen molar-refractivity contribution >= 4 is 17.1 Å². The number of nitrogens with zero attached hydrogens (tertiary/aromatic N) is 6. The van der Waals surface area contributed by atoms with E-state index in [1.54, 1.807) is 27.8 Å². The monoisotopic (exact) mass is 397 g/mol. The number of aromatic nitrogens is 6. The maximum atomic E-state index is 12.6. The SMILES string of the molecule is Cc1ccc(NC(=O)c2ccn(-c3ccc4ccc(-c5cnn(C)c5)cn34)n2)cn1. The number of anilines is 1. The van der Waals surface area contributed by atoms with Crippen LogP contribution in [-0.2, 0) is 7.05 Å². The third-order valence-electron chi connectivity index (χ3n) is 4.89. The largest absolute Gasteiger partial charge is 0.319 e. The molecule has 148 valence electrons. The van der Waals surface area contributed by atoms with Crippen molar-refractivity contribution < 1.29 is 4.79 Å². The Balaban J connectivity index is 1.45. The van der Waals surface area contributed by atoms with Crippen LogP contribution in [0.4, 0.5) is 5.69 Å². The van der Waals surface area contributed by atoms with Crippen LogP contribution in [0.1, 0.15) is 16.2 Å². The molecule has 8 nitrogen and oxygen atoms in total. The first-order valence-corrected chi connectivity index (χ1v) is 9.47. The number of carbonyl (C=O) groups is 1. The minimum absolute atomic E-state index is 0.281. The van der Waals surface area contributed by atoms with Crippen LogP contribution >= 0.6 is 0 Å². The van der Waals surface area contributed by atoms with E-state index in [2.05, 4.69) is 26.6 Å².